The van der Waals surface area contributed by atoms with Crippen molar-refractivity contribution < 1.29 is 23.9 Å². The van der Waals surface area contributed by atoms with Gasteiger partial charge >= 0.3 is 5.97 Å². The molecule has 0 unspecified atom stereocenters. The third kappa shape index (κ3) is 8.64. The Hall–Kier alpha value is -5.21. The van der Waals surface area contributed by atoms with Crippen LogP contribution in [0.15, 0.2) is 108 Å². The van der Waals surface area contributed by atoms with Crippen molar-refractivity contribution in [3.05, 3.63) is 130 Å². The van der Waals surface area contributed by atoms with Gasteiger partial charge in [-0.2, -0.15) is 5.10 Å². The number of halogens is 1. The van der Waals surface area contributed by atoms with Gasteiger partial charge in [0.1, 0.15) is 0 Å². The summed E-state index contributed by atoms with van der Waals surface area (Å²) in [6, 6.07) is 27.2. The Morgan fingerprint density at radius 3 is 2.24 bits per heavy atom. The van der Waals surface area contributed by atoms with Crippen molar-refractivity contribution in [3.63, 3.8) is 0 Å². The molecule has 206 valence electrons. The number of amides is 2. The van der Waals surface area contributed by atoms with Crippen molar-refractivity contribution in [1.82, 2.24) is 5.43 Å². The number of anilines is 1. The van der Waals surface area contributed by atoms with Crippen molar-refractivity contribution in [3.8, 4) is 11.5 Å². The lowest BCUT2D eigenvalue weighted by molar-refractivity contribution is -0.111. The molecule has 4 aromatic carbocycles. The highest BCUT2D eigenvalue weighted by Gasteiger charge is 2.13. The Kier molecular flexibility index (Phi) is 10.0. The molecule has 0 heterocycles. The fourth-order valence-electron chi connectivity index (χ4n) is 3.56. The average molecular weight is 568 g/mol. The second kappa shape index (κ2) is 14.3. The number of hydrogen-bond acceptors (Lipinski definition) is 6. The molecule has 41 heavy (non-hydrogen) atoms. The standard InChI is InChI=1S/C32H26ClN3O5/c1-2-40-29-20-23(8-18-28(29)41-32(39)25-10-14-26(33)15-11-25)21-34-36-31(38)24-12-16-27(17-13-24)35-30(37)19-9-22-6-4-3-5-7-22/h3-21H,2H2,1H3,(H,35,37)(H,36,38)/b19-9+,34-21-. The largest absolute Gasteiger partial charge is 0.490 e. The summed E-state index contributed by atoms with van der Waals surface area (Å²) >= 11 is 5.88. The molecule has 0 aliphatic carbocycles. The number of ether oxygens (including phenoxy) is 2. The molecule has 0 saturated carbocycles. The van der Waals surface area contributed by atoms with Gasteiger partial charge in [-0.05, 0) is 90.9 Å². The maximum absolute atomic E-state index is 12.5. The summed E-state index contributed by atoms with van der Waals surface area (Å²) in [5.74, 6) is -0.669. The minimum atomic E-state index is -0.550. The summed E-state index contributed by atoms with van der Waals surface area (Å²) in [4.78, 5) is 37.2. The molecule has 0 bridgehead atoms. The molecule has 2 N–H and O–H groups in total. The Morgan fingerprint density at radius 1 is 0.829 bits per heavy atom. The zero-order valence-corrected chi connectivity index (χ0v) is 22.8. The van der Waals surface area contributed by atoms with E-state index in [1.807, 2.05) is 37.3 Å². The first kappa shape index (κ1) is 28.8. The van der Waals surface area contributed by atoms with E-state index in [0.717, 1.165) is 5.56 Å². The maximum Gasteiger partial charge on any atom is 0.343 e. The van der Waals surface area contributed by atoms with Gasteiger partial charge in [0, 0.05) is 22.3 Å². The molecule has 0 radical (unpaired) electrons. The molecule has 0 fully saturated rings. The van der Waals surface area contributed by atoms with Gasteiger partial charge in [-0.3, -0.25) is 9.59 Å². The van der Waals surface area contributed by atoms with Crippen LogP contribution in [0.3, 0.4) is 0 Å². The summed E-state index contributed by atoms with van der Waals surface area (Å²) in [6.45, 7) is 2.16. The van der Waals surface area contributed by atoms with Crippen LogP contribution in [-0.2, 0) is 4.79 Å². The van der Waals surface area contributed by atoms with Crippen molar-refractivity contribution in [1.29, 1.82) is 0 Å². The van der Waals surface area contributed by atoms with E-state index in [4.69, 9.17) is 21.1 Å². The van der Waals surface area contributed by atoms with Gasteiger partial charge in [-0.1, -0.05) is 41.9 Å². The van der Waals surface area contributed by atoms with Gasteiger partial charge < -0.3 is 14.8 Å². The van der Waals surface area contributed by atoms with E-state index in [1.165, 1.54) is 12.3 Å². The second-order valence-corrected chi connectivity index (χ2v) is 8.98. The van der Waals surface area contributed by atoms with Crippen LogP contribution in [0, 0.1) is 0 Å². The topological polar surface area (TPSA) is 106 Å². The number of esters is 1. The molecule has 4 aromatic rings. The van der Waals surface area contributed by atoms with Crippen LogP contribution in [0.1, 0.15) is 38.8 Å². The van der Waals surface area contributed by atoms with Crippen molar-refractivity contribution >= 4 is 47.4 Å². The van der Waals surface area contributed by atoms with Crippen molar-refractivity contribution in [2.45, 2.75) is 6.92 Å². The molecule has 4 rings (SSSR count). The van der Waals surface area contributed by atoms with Gasteiger partial charge in [0.2, 0.25) is 5.91 Å². The first-order valence-corrected chi connectivity index (χ1v) is 13.0. The maximum atomic E-state index is 12.5. The van der Waals surface area contributed by atoms with Crippen LogP contribution in [0.2, 0.25) is 5.02 Å². The average Bonchev–Trinajstić information content (AvgIpc) is 2.98. The molecule has 8 nitrogen and oxygen atoms in total. The van der Waals surface area contributed by atoms with Crippen LogP contribution in [0.5, 0.6) is 11.5 Å². The highest BCUT2D eigenvalue weighted by molar-refractivity contribution is 6.30. The first-order valence-electron chi connectivity index (χ1n) is 12.6. The number of benzene rings is 4. The predicted octanol–water partition coefficient (Wildman–Crippen LogP) is 6.37. The molecule has 0 spiro atoms. The number of rotatable bonds is 10. The van der Waals surface area contributed by atoms with Gasteiger partial charge in [-0.25, -0.2) is 10.2 Å². The van der Waals surface area contributed by atoms with E-state index in [0.29, 0.717) is 39.8 Å². The Bertz CT molecular complexity index is 1570. The summed E-state index contributed by atoms with van der Waals surface area (Å²) < 4.78 is 11.1. The third-order valence-corrected chi connectivity index (χ3v) is 5.82. The molecule has 2 amide bonds. The Labute approximate surface area is 242 Å². The number of hydrogen-bond donors (Lipinski definition) is 2. The Balaban J connectivity index is 1.32. The lowest BCUT2D eigenvalue weighted by Gasteiger charge is -2.11. The molecule has 0 aliphatic heterocycles. The molecule has 0 aliphatic rings. The molecule has 0 atom stereocenters. The van der Waals surface area contributed by atoms with E-state index in [2.05, 4.69) is 15.8 Å². The van der Waals surface area contributed by atoms with E-state index in [9.17, 15) is 14.4 Å². The number of hydrazone groups is 1. The zero-order valence-electron chi connectivity index (χ0n) is 22.0. The number of nitrogens with zero attached hydrogens (tertiary/aromatic N) is 1. The number of carbonyl (C=O) groups excluding carboxylic acids is 3. The van der Waals surface area contributed by atoms with E-state index in [1.54, 1.807) is 72.8 Å². The van der Waals surface area contributed by atoms with Crippen molar-refractivity contribution in [2.24, 2.45) is 5.10 Å². The molecular weight excluding hydrogens is 542 g/mol. The number of carbonyl (C=O) groups is 3. The highest BCUT2D eigenvalue weighted by Crippen LogP contribution is 2.29. The minimum Gasteiger partial charge on any atom is -0.490 e. The van der Waals surface area contributed by atoms with Crippen LogP contribution in [0.25, 0.3) is 6.08 Å². The van der Waals surface area contributed by atoms with Gasteiger partial charge in [0.15, 0.2) is 11.5 Å². The molecule has 0 saturated heterocycles. The van der Waals surface area contributed by atoms with Crippen molar-refractivity contribution in [2.75, 3.05) is 11.9 Å². The summed E-state index contributed by atoms with van der Waals surface area (Å²) in [5, 5.41) is 7.28. The van der Waals surface area contributed by atoms with Gasteiger partial charge in [0.25, 0.3) is 5.91 Å². The van der Waals surface area contributed by atoms with Crippen LogP contribution >= 0.6 is 11.6 Å². The molecular formula is C32H26ClN3O5. The summed E-state index contributed by atoms with van der Waals surface area (Å²) in [5.41, 5.74) is 5.25. The van der Waals surface area contributed by atoms with Gasteiger partial charge in [0.05, 0.1) is 18.4 Å². The van der Waals surface area contributed by atoms with Crippen LogP contribution in [0.4, 0.5) is 5.69 Å². The van der Waals surface area contributed by atoms with E-state index in [-0.39, 0.29) is 11.7 Å². The Morgan fingerprint density at radius 2 is 1.54 bits per heavy atom. The lowest BCUT2D eigenvalue weighted by atomic mass is 10.2. The SMILES string of the molecule is CCOc1cc(/C=N\NC(=O)c2ccc(NC(=O)/C=C/c3ccccc3)cc2)ccc1OC(=O)c1ccc(Cl)cc1. The zero-order chi connectivity index (χ0) is 29.0. The fraction of sp³-hybridized carbons (Fsp3) is 0.0625. The first-order chi connectivity index (χ1) is 19.9. The normalized spacial score (nSPS) is 10.9. The summed E-state index contributed by atoms with van der Waals surface area (Å²) in [6.07, 6.45) is 4.60. The highest BCUT2D eigenvalue weighted by atomic mass is 35.5. The van der Waals surface area contributed by atoms with Crippen LogP contribution in [-0.4, -0.2) is 30.6 Å². The quantitative estimate of drug-likeness (QED) is 0.0761. The van der Waals surface area contributed by atoms with Crippen LogP contribution < -0.4 is 20.2 Å². The van der Waals surface area contributed by atoms with E-state index < -0.39 is 11.9 Å². The van der Waals surface area contributed by atoms with Gasteiger partial charge in [-0.15, -0.1) is 0 Å². The lowest BCUT2D eigenvalue weighted by Crippen LogP contribution is -2.17. The summed E-state index contributed by atoms with van der Waals surface area (Å²) in [7, 11) is 0. The smallest absolute Gasteiger partial charge is 0.343 e. The molecule has 0 aromatic heterocycles. The predicted molar refractivity (Wildman–Crippen MR) is 160 cm³/mol. The number of nitrogens with one attached hydrogen (secondary N) is 2. The third-order valence-electron chi connectivity index (χ3n) is 5.57. The second-order valence-electron chi connectivity index (χ2n) is 8.55. The van der Waals surface area contributed by atoms with E-state index >= 15 is 0 Å². The monoisotopic (exact) mass is 567 g/mol. The fourth-order valence-corrected chi connectivity index (χ4v) is 3.68. The minimum absolute atomic E-state index is 0.246. The molecule has 9 heteroatoms.